The largest absolute Gasteiger partial charge is 0.344 e. The number of benzene rings is 2. The second-order valence-electron chi connectivity index (χ2n) is 8.39. The number of aryl methyl sites for hydroxylation is 1. The fraction of sp³-hybridized carbons (Fsp3) is 0.400. The molecule has 0 spiro atoms. The number of piperidine rings is 1. The van der Waals surface area contributed by atoms with Crippen molar-refractivity contribution in [2.45, 2.75) is 38.6 Å². The second-order valence-corrected chi connectivity index (χ2v) is 9.18. The first kappa shape index (κ1) is 22.0. The van der Waals surface area contributed by atoms with Crippen molar-refractivity contribution in [3.63, 3.8) is 0 Å². The Morgan fingerprint density at radius 3 is 2.61 bits per heavy atom. The van der Waals surface area contributed by atoms with Crippen LogP contribution in [0.25, 0.3) is 10.9 Å². The molecule has 0 atom stereocenters. The van der Waals surface area contributed by atoms with Gasteiger partial charge >= 0.3 is 0 Å². The number of nitrogens with one attached hydrogen (secondary N) is 1. The number of carbonyl (C=O) groups excluding carboxylic acids is 1. The Morgan fingerprint density at radius 1 is 1.16 bits per heavy atom. The summed E-state index contributed by atoms with van der Waals surface area (Å²) in [5, 5.41) is 4.91. The third-order valence-corrected chi connectivity index (χ3v) is 6.62. The fourth-order valence-corrected chi connectivity index (χ4v) is 4.84. The first-order chi connectivity index (χ1) is 15.0. The van der Waals surface area contributed by atoms with Gasteiger partial charge in [-0.25, -0.2) is 4.39 Å². The average Bonchev–Trinajstić information content (AvgIpc) is 3.10. The zero-order valence-electron chi connectivity index (χ0n) is 17.9. The van der Waals surface area contributed by atoms with Crippen LogP contribution in [-0.4, -0.2) is 40.3 Å². The predicted octanol–water partition coefficient (Wildman–Crippen LogP) is 5.69. The minimum absolute atomic E-state index is 0.0283. The Bertz CT molecular complexity index is 1040. The van der Waals surface area contributed by atoms with Crippen LogP contribution in [0.1, 0.15) is 36.4 Å². The first-order valence-corrected chi connectivity index (χ1v) is 12.1. The summed E-state index contributed by atoms with van der Waals surface area (Å²) in [7, 11) is 0. The van der Waals surface area contributed by atoms with Crippen LogP contribution in [0.3, 0.4) is 0 Å². The molecule has 6 heteroatoms. The Hall–Kier alpha value is -2.18. The van der Waals surface area contributed by atoms with E-state index in [0.29, 0.717) is 17.8 Å². The monoisotopic (exact) mass is 485 g/mol. The van der Waals surface area contributed by atoms with E-state index in [0.717, 1.165) is 44.6 Å². The fourth-order valence-electron chi connectivity index (χ4n) is 4.48. The Labute approximate surface area is 191 Å². The van der Waals surface area contributed by atoms with Crippen LogP contribution in [0.2, 0.25) is 0 Å². The molecule has 4 nitrogen and oxygen atoms in total. The number of fused-ring (bicyclic) bond motifs is 1. The second kappa shape index (κ2) is 9.96. The minimum atomic E-state index is -0.176. The first-order valence-electron chi connectivity index (χ1n) is 11.0. The summed E-state index contributed by atoms with van der Waals surface area (Å²) in [5.74, 6) is -0.148. The van der Waals surface area contributed by atoms with Gasteiger partial charge in [-0.05, 0) is 61.6 Å². The molecule has 0 radical (unpaired) electrons. The smallest absolute Gasteiger partial charge is 0.225 e. The van der Waals surface area contributed by atoms with Crippen molar-refractivity contribution in [1.82, 2.24) is 9.47 Å². The quantitative estimate of drug-likeness (QED) is 0.436. The maximum Gasteiger partial charge on any atom is 0.225 e. The molecule has 3 aromatic rings. The maximum atomic E-state index is 13.1. The van der Waals surface area contributed by atoms with Crippen LogP contribution in [-0.2, 0) is 11.2 Å². The van der Waals surface area contributed by atoms with Crippen molar-refractivity contribution in [1.29, 1.82) is 0 Å². The molecule has 0 aliphatic carbocycles. The molecular weight excluding hydrogens is 457 g/mol. The van der Waals surface area contributed by atoms with Gasteiger partial charge in [-0.15, -0.1) is 0 Å². The van der Waals surface area contributed by atoms with Crippen LogP contribution in [0.4, 0.5) is 10.1 Å². The molecule has 1 fully saturated rings. The Morgan fingerprint density at radius 2 is 1.90 bits per heavy atom. The normalized spacial score (nSPS) is 15.5. The van der Waals surface area contributed by atoms with E-state index in [1.165, 1.54) is 34.2 Å². The molecule has 1 aliphatic rings. The van der Waals surface area contributed by atoms with Crippen LogP contribution in [0.5, 0.6) is 0 Å². The summed E-state index contributed by atoms with van der Waals surface area (Å²) in [5.41, 5.74) is 4.51. The minimum Gasteiger partial charge on any atom is -0.344 e. The summed E-state index contributed by atoms with van der Waals surface area (Å²) in [4.78, 5) is 14.5. The third-order valence-electron chi connectivity index (χ3n) is 6.22. The number of hydrogen-bond donors (Lipinski definition) is 1. The molecule has 31 heavy (non-hydrogen) atoms. The lowest BCUT2D eigenvalue weighted by Crippen LogP contribution is -2.35. The average molecular weight is 486 g/mol. The van der Waals surface area contributed by atoms with E-state index in [4.69, 9.17) is 0 Å². The number of rotatable bonds is 7. The summed E-state index contributed by atoms with van der Waals surface area (Å²) < 4.78 is 15.5. The number of hydrogen-bond acceptors (Lipinski definition) is 2. The van der Waals surface area contributed by atoms with Gasteiger partial charge in [0.1, 0.15) is 5.82 Å². The molecule has 164 valence electrons. The molecule has 1 aromatic heterocycles. The van der Waals surface area contributed by atoms with Gasteiger partial charge in [0, 0.05) is 54.7 Å². The summed E-state index contributed by atoms with van der Waals surface area (Å²) in [6.45, 7) is 5.28. The SMILES string of the molecule is Cc1cn(C2CCN(CCc3ccc(F)cc3)CC2)c2cc(NC(=O)CCBr)ccc12. The van der Waals surface area contributed by atoms with Crippen molar-refractivity contribution < 1.29 is 9.18 Å². The van der Waals surface area contributed by atoms with Gasteiger partial charge in [0.25, 0.3) is 0 Å². The summed E-state index contributed by atoms with van der Waals surface area (Å²) >= 11 is 3.32. The van der Waals surface area contributed by atoms with Crippen molar-refractivity contribution in [2.75, 3.05) is 30.3 Å². The van der Waals surface area contributed by atoms with Crippen LogP contribution in [0, 0.1) is 12.7 Å². The molecule has 1 N–H and O–H groups in total. The van der Waals surface area contributed by atoms with Crippen LogP contribution >= 0.6 is 15.9 Å². The molecule has 4 rings (SSSR count). The lowest BCUT2D eigenvalue weighted by molar-refractivity contribution is -0.115. The number of carbonyl (C=O) groups is 1. The van der Waals surface area contributed by atoms with Crippen molar-refractivity contribution in [3.8, 4) is 0 Å². The zero-order chi connectivity index (χ0) is 21.8. The molecule has 1 amide bonds. The zero-order valence-corrected chi connectivity index (χ0v) is 19.5. The van der Waals surface area contributed by atoms with Gasteiger partial charge in [-0.1, -0.05) is 34.1 Å². The lowest BCUT2D eigenvalue weighted by atomic mass is 10.0. The molecule has 0 unspecified atom stereocenters. The number of nitrogens with zero attached hydrogens (tertiary/aromatic N) is 2. The summed E-state index contributed by atoms with van der Waals surface area (Å²) in [6.07, 6.45) is 5.88. The number of amides is 1. The van der Waals surface area contributed by atoms with Crippen molar-refractivity contribution in [3.05, 3.63) is 65.6 Å². The predicted molar refractivity (Wildman–Crippen MR) is 129 cm³/mol. The van der Waals surface area contributed by atoms with E-state index in [-0.39, 0.29) is 11.7 Å². The van der Waals surface area contributed by atoms with E-state index in [1.807, 2.05) is 18.2 Å². The maximum absolute atomic E-state index is 13.1. The summed E-state index contributed by atoms with van der Waals surface area (Å²) in [6, 6.07) is 13.5. The van der Waals surface area contributed by atoms with Gasteiger partial charge in [0.2, 0.25) is 5.91 Å². The Kier molecular flexibility index (Phi) is 7.08. The van der Waals surface area contributed by atoms with E-state index >= 15 is 0 Å². The van der Waals surface area contributed by atoms with E-state index < -0.39 is 0 Å². The number of likely N-dealkylation sites (tertiary alicyclic amines) is 1. The number of halogens is 2. The Balaban J connectivity index is 1.40. The van der Waals surface area contributed by atoms with E-state index in [1.54, 1.807) is 0 Å². The number of alkyl halides is 1. The van der Waals surface area contributed by atoms with Gasteiger partial charge in [-0.3, -0.25) is 4.79 Å². The van der Waals surface area contributed by atoms with E-state index in [2.05, 4.69) is 56.0 Å². The molecule has 0 bridgehead atoms. The molecule has 2 heterocycles. The molecule has 2 aromatic carbocycles. The standard InChI is InChI=1S/C25H29BrFN3O/c1-18-17-30(24-16-21(6-7-23(18)24)28-25(31)8-12-26)22-10-14-29(15-11-22)13-9-19-2-4-20(27)5-3-19/h2-7,16-17,22H,8-15H2,1H3,(H,28,31). The van der Waals surface area contributed by atoms with Crippen molar-refractivity contribution in [2.24, 2.45) is 0 Å². The molecule has 1 saturated heterocycles. The highest BCUT2D eigenvalue weighted by Crippen LogP contribution is 2.31. The van der Waals surface area contributed by atoms with Gasteiger partial charge in [0.05, 0.1) is 5.52 Å². The van der Waals surface area contributed by atoms with Gasteiger partial charge in [-0.2, -0.15) is 0 Å². The molecule has 1 aliphatic heterocycles. The highest BCUT2D eigenvalue weighted by atomic mass is 79.9. The van der Waals surface area contributed by atoms with Crippen LogP contribution in [0.15, 0.2) is 48.7 Å². The third kappa shape index (κ3) is 5.36. The highest BCUT2D eigenvalue weighted by Gasteiger charge is 2.22. The number of anilines is 1. The van der Waals surface area contributed by atoms with Gasteiger partial charge in [0.15, 0.2) is 0 Å². The highest BCUT2D eigenvalue weighted by molar-refractivity contribution is 9.09. The van der Waals surface area contributed by atoms with Gasteiger partial charge < -0.3 is 14.8 Å². The lowest BCUT2D eigenvalue weighted by Gasteiger charge is -2.33. The molecular formula is C25H29BrFN3O. The number of aromatic nitrogens is 1. The van der Waals surface area contributed by atoms with Crippen LogP contribution < -0.4 is 5.32 Å². The molecule has 0 saturated carbocycles. The topological polar surface area (TPSA) is 37.3 Å². The van der Waals surface area contributed by atoms with Crippen molar-refractivity contribution >= 4 is 38.4 Å². The van der Waals surface area contributed by atoms with E-state index in [9.17, 15) is 9.18 Å².